The normalized spacial score (nSPS) is 12.8. The van der Waals surface area contributed by atoms with Crippen LogP contribution in [0.4, 0.5) is 0 Å². The quantitative estimate of drug-likeness (QED) is 0.869. The molecule has 0 aliphatic carbocycles. The molecular formula is C16H23NO3. The lowest BCUT2D eigenvalue weighted by atomic mass is 9.86. The Morgan fingerprint density at radius 3 is 2.20 bits per heavy atom. The number of amides is 1. The molecule has 1 unspecified atom stereocenters. The van der Waals surface area contributed by atoms with Crippen molar-refractivity contribution in [3.8, 4) is 0 Å². The van der Waals surface area contributed by atoms with Crippen LogP contribution in [0.15, 0.2) is 24.3 Å². The fraction of sp³-hybridized carbons (Fsp3) is 0.500. The summed E-state index contributed by atoms with van der Waals surface area (Å²) in [5, 5.41) is 11.4. The van der Waals surface area contributed by atoms with Crippen molar-refractivity contribution in [2.24, 2.45) is 0 Å². The topological polar surface area (TPSA) is 66.4 Å². The van der Waals surface area contributed by atoms with E-state index in [4.69, 9.17) is 5.11 Å². The third-order valence-electron chi connectivity index (χ3n) is 3.18. The minimum atomic E-state index is -0.847. The van der Waals surface area contributed by atoms with Gasteiger partial charge in [0.05, 0.1) is 0 Å². The zero-order valence-corrected chi connectivity index (χ0v) is 12.6. The molecule has 0 fully saturated rings. The predicted octanol–water partition coefficient (Wildman–Crippen LogP) is 2.97. The van der Waals surface area contributed by atoms with Gasteiger partial charge in [0, 0.05) is 18.0 Å². The number of carboxylic acid groups (broad SMARTS) is 1. The van der Waals surface area contributed by atoms with Crippen LogP contribution < -0.4 is 5.32 Å². The van der Waals surface area contributed by atoms with E-state index in [1.807, 2.05) is 19.1 Å². The number of aliphatic carboxylic acids is 1. The predicted molar refractivity (Wildman–Crippen MR) is 78.9 cm³/mol. The highest BCUT2D eigenvalue weighted by molar-refractivity contribution is 5.94. The first-order valence-electron chi connectivity index (χ1n) is 6.83. The number of carbonyl (C=O) groups is 2. The Bertz CT molecular complexity index is 471. The molecule has 2 N–H and O–H groups in total. The van der Waals surface area contributed by atoms with E-state index in [9.17, 15) is 9.59 Å². The molecule has 0 aliphatic heterocycles. The van der Waals surface area contributed by atoms with Crippen LogP contribution >= 0.6 is 0 Å². The molecule has 0 saturated carbocycles. The lowest BCUT2D eigenvalue weighted by Crippen LogP contribution is -2.33. The summed E-state index contributed by atoms with van der Waals surface area (Å²) >= 11 is 0. The first kappa shape index (κ1) is 16.2. The van der Waals surface area contributed by atoms with Gasteiger partial charge in [0.25, 0.3) is 5.91 Å². The number of nitrogens with one attached hydrogen (secondary N) is 1. The van der Waals surface area contributed by atoms with Crippen molar-refractivity contribution in [3.63, 3.8) is 0 Å². The number of rotatable bonds is 5. The molecule has 0 spiro atoms. The minimum absolute atomic E-state index is 0.0593. The second kappa shape index (κ2) is 6.55. The summed E-state index contributed by atoms with van der Waals surface area (Å²) in [5.74, 6) is -1.01. The van der Waals surface area contributed by atoms with Gasteiger partial charge in [-0.1, -0.05) is 32.9 Å². The molecule has 1 atom stereocenters. The van der Waals surface area contributed by atoms with Gasteiger partial charge in [-0.15, -0.1) is 0 Å². The summed E-state index contributed by atoms with van der Waals surface area (Å²) in [4.78, 5) is 22.5. The molecule has 0 heterocycles. The second-order valence-corrected chi connectivity index (χ2v) is 6.13. The zero-order chi connectivity index (χ0) is 15.3. The molecule has 0 bridgehead atoms. The fourth-order valence-corrected chi connectivity index (χ4v) is 1.84. The van der Waals surface area contributed by atoms with Crippen LogP contribution in [0.5, 0.6) is 0 Å². The Balaban J connectivity index is 2.62. The molecule has 110 valence electrons. The Kier molecular flexibility index (Phi) is 5.31. The molecule has 1 aromatic carbocycles. The van der Waals surface area contributed by atoms with Crippen molar-refractivity contribution in [1.29, 1.82) is 0 Å². The highest BCUT2D eigenvalue weighted by Crippen LogP contribution is 2.22. The maximum absolute atomic E-state index is 12.0. The minimum Gasteiger partial charge on any atom is -0.481 e. The van der Waals surface area contributed by atoms with E-state index in [1.165, 1.54) is 5.56 Å². The molecule has 1 amide bonds. The van der Waals surface area contributed by atoms with Crippen molar-refractivity contribution in [2.75, 3.05) is 0 Å². The molecule has 0 saturated heterocycles. The Morgan fingerprint density at radius 2 is 1.75 bits per heavy atom. The highest BCUT2D eigenvalue weighted by Gasteiger charge is 2.15. The summed E-state index contributed by atoms with van der Waals surface area (Å²) in [6, 6.07) is 7.37. The van der Waals surface area contributed by atoms with E-state index < -0.39 is 5.97 Å². The van der Waals surface area contributed by atoms with Gasteiger partial charge in [-0.25, -0.2) is 0 Å². The monoisotopic (exact) mass is 277 g/mol. The Hall–Kier alpha value is -1.84. The van der Waals surface area contributed by atoms with Crippen molar-refractivity contribution in [3.05, 3.63) is 35.4 Å². The van der Waals surface area contributed by atoms with Gasteiger partial charge >= 0.3 is 5.97 Å². The summed E-state index contributed by atoms with van der Waals surface area (Å²) in [5.41, 5.74) is 1.83. The molecular weight excluding hydrogens is 254 g/mol. The SMILES string of the molecule is CC(CCC(=O)O)NC(=O)c1ccc(C(C)(C)C)cc1. The molecule has 4 nitrogen and oxygen atoms in total. The first-order chi connectivity index (χ1) is 9.20. The van der Waals surface area contributed by atoms with Crippen LogP contribution in [-0.4, -0.2) is 23.0 Å². The van der Waals surface area contributed by atoms with E-state index in [2.05, 4.69) is 26.1 Å². The molecule has 20 heavy (non-hydrogen) atoms. The van der Waals surface area contributed by atoms with E-state index in [0.29, 0.717) is 12.0 Å². The average Bonchev–Trinajstić information content (AvgIpc) is 2.35. The van der Waals surface area contributed by atoms with Crippen LogP contribution in [0, 0.1) is 0 Å². The average molecular weight is 277 g/mol. The second-order valence-electron chi connectivity index (χ2n) is 6.13. The van der Waals surface area contributed by atoms with Crippen LogP contribution in [0.2, 0.25) is 0 Å². The number of hydrogen-bond donors (Lipinski definition) is 2. The highest BCUT2D eigenvalue weighted by atomic mass is 16.4. The standard InChI is InChI=1S/C16H23NO3/c1-11(5-10-14(18)19)17-15(20)12-6-8-13(9-7-12)16(2,3)4/h6-9,11H,5,10H2,1-4H3,(H,17,20)(H,18,19). The van der Waals surface area contributed by atoms with Crippen molar-refractivity contribution >= 4 is 11.9 Å². The van der Waals surface area contributed by atoms with Crippen LogP contribution in [0.3, 0.4) is 0 Å². The smallest absolute Gasteiger partial charge is 0.303 e. The molecule has 4 heteroatoms. The van der Waals surface area contributed by atoms with Crippen molar-refractivity contribution in [2.45, 2.75) is 52.0 Å². The summed E-state index contributed by atoms with van der Waals surface area (Å²) < 4.78 is 0. The van der Waals surface area contributed by atoms with E-state index in [0.717, 1.165) is 0 Å². The van der Waals surface area contributed by atoms with Gasteiger partial charge in [-0.05, 0) is 36.5 Å². The van der Waals surface area contributed by atoms with Crippen molar-refractivity contribution in [1.82, 2.24) is 5.32 Å². The van der Waals surface area contributed by atoms with Crippen LogP contribution in [0.1, 0.15) is 56.5 Å². The van der Waals surface area contributed by atoms with E-state index in [-0.39, 0.29) is 23.8 Å². The van der Waals surface area contributed by atoms with Gasteiger partial charge in [0.2, 0.25) is 0 Å². The first-order valence-corrected chi connectivity index (χ1v) is 6.83. The lowest BCUT2D eigenvalue weighted by molar-refractivity contribution is -0.137. The fourth-order valence-electron chi connectivity index (χ4n) is 1.84. The maximum atomic E-state index is 12.0. The van der Waals surface area contributed by atoms with Gasteiger partial charge in [-0.2, -0.15) is 0 Å². The lowest BCUT2D eigenvalue weighted by Gasteiger charge is -2.19. The number of benzene rings is 1. The van der Waals surface area contributed by atoms with Crippen LogP contribution in [-0.2, 0) is 10.2 Å². The third-order valence-corrected chi connectivity index (χ3v) is 3.18. The van der Waals surface area contributed by atoms with Gasteiger partial charge in [0.1, 0.15) is 0 Å². The number of hydrogen-bond acceptors (Lipinski definition) is 2. The molecule has 1 rings (SSSR count). The Morgan fingerprint density at radius 1 is 1.20 bits per heavy atom. The van der Waals surface area contributed by atoms with Crippen molar-refractivity contribution < 1.29 is 14.7 Å². The maximum Gasteiger partial charge on any atom is 0.303 e. The van der Waals surface area contributed by atoms with Crippen LogP contribution in [0.25, 0.3) is 0 Å². The zero-order valence-electron chi connectivity index (χ0n) is 12.6. The van der Waals surface area contributed by atoms with Gasteiger partial charge in [0.15, 0.2) is 0 Å². The van der Waals surface area contributed by atoms with E-state index >= 15 is 0 Å². The molecule has 0 aliphatic rings. The van der Waals surface area contributed by atoms with Gasteiger partial charge < -0.3 is 10.4 Å². The number of carboxylic acids is 1. The molecule has 0 radical (unpaired) electrons. The largest absolute Gasteiger partial charge is 0.481 e. The van der Waals surface area contributed by atoms with E-state index in [1.54, 1.807) is 12.1 Å². The molecule has 0 aromatic heterocycles. The Labute approximate surface area is 120 Å². The number of carbonyl (C=O) groups excluding carboxylic acids is 1. The molecule has 1 aromatic rings. The van der Waals surface area contributed by atoms with Gasteiger partial charge in [-0.3, -0.25) is 9.59 Å². The third kappa shape index (κ3) is 5.03. The summed E-state index contributed by atoms with van der Waals surface area (Å²) in [6.07, 6.45) is 0.492. The summed E-state index contributed by atoms with van der Waals surface area (Å²) in [7, 11) is 0. The summed E-state index contributed by atoms with van der Waals surface area (Å²) in [6.45, 7) is 8.17.